The third-order valence-corrected chi connectivity index (χ3v) is 3.62. The number of guanidine groups is 1. The van der Waals surface area contributed by atoms with Gasteiger partial charge in [-0.2, -0.15) is 4.99 Å². The van der Waals surface area contributed by atoms with Crippen LogP contribution in [0.1, 0.15) is 0 Å². The van der Waals surface area contributed by atoms with E-state index in [2.05, 4.69) is 20.3 Å². The van der Waals surface area contributed by atoms with Crippen LogP contribution in [0.5, 0.6) is 5.75 Å². The van der Waals surface area contributed by atoms with E-state index in [0.717, 1.165) is 5.56 Å². The number of hydrogen-bond acceptors (Lipinski definition) is 4. The molecule has 0 aliphatic carbocycles. The molecule has 126 valence electrons. The molecule has 2 aromatic heterocycles. The molecule has 0 saturated carbocycles. The lowest BCUT2D eigenvalue weighted by molar-refractivity contribution is 0.475. The van der Waals surface area contributed by atoms with Crippen LogP contribution in [0.4, 0.5) is 11.5 Å². The van der Waals surface area contributed by atoms with Crippen LogP contribution in [0, 0.1) is 0 Å². The molecule has 5 N–H and O–H groups in total. The summed E-state index contributed by atoms with van der Waals surface area (Å²) in [6, 6.07) is 11.1. The molecule has 0 unspecified atom stereocenters. The van der Waals surface area contributed by atoms with Gasteiger partial charge in [-0.05, 0) is 36.4 Å². The fourth-order valence-corrected chi connectivity index (χ4v) is 2.39. The Morgan fingerprint density at radius 3 is 2.80 bits per heavy atom. The SMILES string of the molecule is NC(=Nc1ccc(-c2cc(O)ccc2Cl)cn1)Nc1cc[nH]c(=O)c1. The van der Waals surface area contributed by atoms with E-state index >= 15 is 0 Å². The number of pyridine rings is 2. The average Bonchev–Trinajstić information content (AvgIpc) is 2.58. The van der Waals surface area contributed by atoms with Gasteiger partial charge in [0.15, 0.2) is 11.8 Å². The summed E-state index contributed by atoms with van der Waals surface area (Å²) in [7, 11) is 0. The maximum absolute atomic E-state index is 11.2. The first kappa shape index (κ1) is 16.5. The highest BCUT2D eigenvalue weighted by Gasteiger charge is 2.06. The van der Waals surface area contributed by atoms with E-state index in [4.69, 9.17) is 17.3 Å². The first-order valence-corrected chi connectivity index (χ1v) is 7.64. The fourth-order valence-electron chi connectivity index (χ4n) is 2.17. The molecule has 0 spiro atoms. The minimum atomic E-state index is -0.247. The number of nitrogens with one attached hydrogen (secondary N) is 2. The molecule has 8 heteroatoms. The summed E-state index contributed by atoms with van der Waals surface area (Å²) < 4.78 is 0. The molecular weight excluding hydrogens is 342 g/mol. The molecular formula is C17H14ClN5O2. The second-order valence-electron chi connectivity index (χ2n) is 5.13. The van der Waals surface area contributed by atoms with Crippen LogP contribution >= 0.6 is 11.6 Å². The van der Waals surface area contributed by atoms with Crippen molar-refractivity contribution in [2.24, 2.45) is 10.7 Å². The normalized spacial score (nSPS) is 11.3. The number of aromatic hydroxyl groups is 1. The first-order chi connectivity index (χ1) is 12.0. The zero-order chi connectivity index (χ0) is 17.8. The van der Waals surface area contributed by atoms with Crippen molar-refractivity contribution in [2.45, 2.75) is 0 Å². The van der Waals surface area contributed by atoms with Gasteiger partial charge in [0.05, 0.1) is 0 Å². The van der Waals surface area contributed by atoms with Crippen LogP contribution < -0.4 is 16.6 Å². The second kappa shape index (κ2) is 7.06. The summed E-state index contributed by atoms with van der Waals surface area (Å²) in [5.74, 6) is 0.601. The van der Waals surface area contributed by atoms with E-state index in [1.807, 2.05) is 0 Å². The molecule has 3 rings (SSSR count). The average molecular weight is 356 g/mol. The molecule has 0 aliphatic heterocycles. The van der Waals surface area contributed by atoms with Gasteiger partial charge in [0.25, 0.3) is 0 Å². The lowest BCUT2D eigenvalue weighted by atomic mass is 10.1. The van der Waals surface area contributed by atoms with Gasteiger partial charge in [0.2, 0.25) is 5.56 Å². The van der Waals surface area contributed by atoms with Crippen molar-refractivity contribution >= 4 is 29.1 Å². The molecule has 0 radical (unpaired) electrons. The van der Waals surface area contributed by atoms with Crippen LogP contribution in [-0.2, 0) is 0 Å². The quantitative estimate of drug-likeness (QED) is 0.426. The Kier molecular flexibility index (Phi) is 4.67. The highest BCUT2D eigenvalue weighted by Crippen LogP contribution is 2.31. The molecule has 0 amide bonds. The van der Waals surface area contributed by atoms with Gasteiger partial charge >= 0.3 is 0 Å². The third-order valence-electron chi connectivity index (χ3n) is 3.29. The molecule has 25 heavy (non-hydrogen) atoms. The summed E-state index contributed by atoms with van der Waals surface area (Å²) in [6.07, 6.45) is 3.09. The molecule has 0 atom stereocenters. The van der Waals surface area contributed by atoms with Crippen molar-refractivity contribution < 1.29 is 5.11 Å². The Labute approximate surface area is 147 Å². The number of phenolic OH excluding ortho intramolecular Hbond substituents is 1. The van der Waals surface area contributed by atoms with E-state index in [1.165, 1.54) is 18.3 Å². The molecule has 3 aromatic rings. The van der Waals surface area contributed by atoms with Gasteiger partial charge in [-0.1, -0.05) is 11.6 Å². The monoisotopic (exact) mass is 355 g/mol. The van der Waals surface area contributed by atoms with Crippen LogP contribution in [0.25, 0.3) is 11.1 Å². The topological polar surface area (TPSA) is 116 Å². The standard InChI is InChI=1S/C17H14ClN5O2/c18-14-3-2-12(24)8-13(14)10-1-4-15(21-9-10)23-17(19)22-11-5-6-20-16(25)7-11/h1-9,24H,(H4,19,20,21,22,23,25). The maximum Gasteiger partial charge on any atom is 0.249 e. The number of halogens is 1. The van der Waals surface area contributed by atoms with E-state index in [0.29, 0.717) is 22.1 Å². The number of hydrogen-bond donors (Lipinski definition) is 4. The summed E-state index contributed by atoms with van der Waals surface area (Å²) in [5.41, 5.74) is 7.49. The molecule has 1 aromatic carbocycles. The number of nitrogens with two attached hydrogens (primary N) is 1. The maximum atomic E-state index is 11.2. The third kappa shape index (κ3) is 4.15. The lowest BCUT2D eigenvalue weighted by Crippen LogP contribution is -2.23. The smallest absolute Gasteiger partial charge is 0.249 e. The summed E-state index contributed by atoms with van der Waals surface area (Å²) in [6.45, 7) is 0. The van der Waals surface area contributed by atoms with E-state index in [1.54, 1.807) is 36.5 Å². The lowest BCUT2D eigenvalue weighted by Gasteiger charge is -2.06. The second-order valence-corrected chi connectivity index (χ2v) is 5.54. The number of nitrogens with zero attached hydrogens (tertiary/aromatic N) is 2. The van der Waals surface area contributed by atoms with Crippen molar-refractivity contribution in [3.63, 3.8) is 0 Å². The summed E-state index contributed by atoms with van der Waals surface area (Å²) >= 11 is 6.13. The molecule has 0 saturated heterocycles. The number of aromatic nitrogens is 2. The number of anilines is 1. The van der Waals surface area contributed by atoms with Gasteiger partial charge < -0.3 is 21.1 Å². The van der Waals surface area contributed by atoms with Gasteiger partial charge in [-0.25, -0.2) is 4.98 Å². The van der Waals surface area contributed by atoms with E-state index < -0.39 is 0 Å². The number of rotatable bonds is 3. The van der Waals surface area contributed by atoms with E-state index in [9.17, 15) is 9.90 Å². The van der Waals surface area contributed by atoms with Gasteiger partial charge in [-0.15, -0.1) is 0 Å². The molecule has 0 fully saturated rings. The van der Waals surface area contributed by atoms with Crippen molar-refractivity contribution in [2.75, 3.05) is 5.32 Å². The predicted octanol–water partition coefficient (Wildman–Crippen LogP) is 2.85. The predicted molar refractivity (Wildman–Crippen MR) is 98.3 cm³/mol. The number of benzene rings is 1. The highest BCUT2D eigenvalue weighted by atomic mass is 35.5. The zero-order valence-electron chi connectivity index (χ0n) is 12.9. The van der Waals surface area contributed by atoms with Crippen LogP contribution in [-0.4, -0.2) is 21.0 Å². The zero-order valence-corrected chi connectivity index (χ0v) is 13.7. The summed E-state index contributed by atoms with van der Waals surface area (Å²) in [4.78, 5) is 22.1. The number of aromatic amines is 1. The number of phenols is 1. The molecule has 0 bridgehead atoms. The molecule has 0 aliphatic rings. The van der Waals surface area contributed by atoms with Crippen LogP contribution in [0.15, 0.2) is 64.6 Å². The number of H-pyrrole nitrogens is 1. The minimum absolute atomic E-state index is 0.0984. The van der Waals surface area contributed by atoms with Gasteiger partial charge in [0.1, 0.15) is 5.75 Å². The number of aliphatic imine (C=N–C) groups is 1. The van der Waals surface area contributed by atoms with Crippen LogP contribution in [0.3, 0.4) is 0 Å². The Balaban J connectivity index is 1.80. The van der Waals surface area contributed by atoms with Crippen molar-refractivity contribution in [3.8, 4) is 16.9 Å². The van der Waals surface area contributed by atoms with Gasteiger partial charge in [0, 0.05) is 40.3 Å². The Hall–Kier alpha value is -3.32. The highest BCUT2D eigenvalue weighted by molar-refractivity contribution is 6.33. The summed E-state index contributed by atoms with van der Waals surface area (Å²) in [5, 5.41) is 12.9. The van der Waals surface area contributed by atoms with Crippen molar-refractivity contribution in [1.29, 1.82) is 0 Å². The Bertz CT molecular complexity index is 983. The van der Waals surface area contributed by atoms with Crippen LogP contribution in [0.2, 0.25) is 5.02 Å². The fraction of sp³-hybridized carbons (Fsp3) is 0. The first-order valence-electron chi connectivity index (χ1n) is 7.26. The largest absolute Gasteiger partial charge is 0.508 e. The molecule has 2 heterocycles. The van der Waals surface area contributed by atoms with E-state index in [-0.39, 0.29) is 17.3 Å². The molecule has 7 nitrogen and oxygen atoms in total. The minimum Gasteiger partial charge on any atom is -0.508 e. The Morgan fingerprint density at radius 1 is 1.24 bits per heavy atom. The van der Waals surface area contributed by atoms with Crippen molar-refractivity contribution in [1.82, 2.24) is 9.97 Å². The van der Waals surface area contributed by atoms with Gasteiger partial charge in [-0.3, -0.25) is 4.79 Å². The van der Waals surface area contributed by atoms with Crippen molar-refractivity contribution in [3.05, 3.63) is 70.2 Å². The Morgan fingerprint density at radius 2 is 2.08 bits per heavy atom.